The zero-order valence-corrected chi connectivity index (χ0v) is 27.0. The zero-order chi connectivity index (χ0) is 13.5. The van der Waals surface area contributed by atoms with Crippen LogP contribution in [-0.2, 0) is 13.7 Å². The molecule has 0 aromatic heterocycles. The smallest absolute Gasteiger partial charge is 1.00 e. The Hall–Kier alpha value is 7.11. The summed E-state index contributed by atoms with van der Waals surface area (Å²) < 4.78 is 26.6. The van der Waals surface area contributed by atoms with Crippen LogP contribution in [0.25, 0.3) is 0 Å². The Kier molecular flexibility index (Phi) is 79.0. The van der Waals surface area contributed by atoms with Gasteiger partial charge in [-0.2, -0.15) is 0 Å². The van der Waals surface area contributed by atoms with Crippen LogP contribution in [0.3, 0.4) is 0 Å². The van der Waals surface area contributed by atoms with Crippen molar-refractivity contribution < 1.29 is 159 Å². The van der Waals surface area contributed by atoms with E-state index in [1.165, 1.54) is 0 Å². The van der Waals surface area contributed by atoms with Gasteiger partial charge in [-0.15, -0.1) is 0 Å². The van der Waals surface area contributed by atoms with Gasteiger partial charge in [0.1, 0.15) is 0 Å². The SMILES string of the molecule is O=P(O)(O)O.O=P(O)(O)O.O=P(O)(O)O.[Ca+2].[Ca+2].[Ca+2].[H-].[H-].[H-].[H-].[H-].[H-].[H-].[H-].[H-].[Na+].[Na+].[Na+]. The average Bonchev–Trinajstić information content (AvgIpc) is 1.41. The normalized spacial score (nSPS) is 8.43. The monoisotopic (exact) mass is 492 g/mol. The minimum atomic E-state index is -4.64. The Bertz CT molecular complexity index is 247. The van der Waals surface area contributed by atoms with Crippen molar-refractivity contribution in [3.05, 3.63) is 0 Å². The maximum absolute atomic E-state index is 8.88. The van der Waals surface area contributed by atoms with E-state index in [1.807, 2.05) is 0 Å². The molecular formula is H18Ca3Na3O12P3. The van der Waals surface area contributed by atoms with Gasteiger partial charge in [0, 0.05) is 0 Å². The molecule has 0 aromatic carbocycles. The fourth-order valence-electron chi connectivity index (χ4n) is 0. The van der Waals surface area contributed by atoms with Gasteiger partial charge in [0.25, 0.3) is 0 Å². The van der Waals surface area contributed by atoms with E-state index in [-0.39, 0.29) is 215 Å². The molecule has 0 aliphatic rings. The first kappa shape index (κ1) is 56.6. The van der Waals surface area contributed by atoms with Crippen LogP contribution in [0.4, 0.5) is 0 Å². The standard InChI is InChI=1S/3Ca.3Na.3H3O4P.9H/c;;;;;;3*1-5(2,3)4;;;;;;;;;/h;;;;;;3*(H3,1,2,3,4);;;;;;;;;/q3*+2;3*+1;;;;9*-1. The van der Waals surface area contributed by atoms with Gasteiger partial charge in [0.15, 0.2) is 0 Å². The second-order valence-electron chi connectivity index (χ2n) is 1.54. The molecule has 0 aromatic rings. The quantitative estimate of drug-likeness (QED) is 0.113. The first-order valence-corrected chi connectivity index (χ1v) is 7.04. The largest absolute Gasteiger partial charge is 2.00 e. The Balaban J connectivity index is -0.00000000360. The van der Waals surface area contributed by atoms with Crippen molar-refractivity contribution in [3.63, 3.8) is 0 Å². The van der Waals surface area contributed by atoms with E-state index >= 15 is 0 Å². The second kappa shape index (κ2) is 29.3. The van der Waals surface area contributed by atoms with Crippen LogP contribution in [0, 0.1) is 0 Å². The molecular weight excluding hydrogens is 474 g/mol. The van der Waals surface area contributed by atoms with Gasteiger partial charge in [-0.3, -0.25) is 0 Å². The third-order valence-corrected chi connectivity index (χ3v) is 0. The Morgan fingerprint density at radius 2 is 0.429 bits per heavy atom. The molecule has 0 unspecified atom stereocenters. The van der Waals surface area contributed by atoms with Crippen molar-refractivity contribution >= 4 is 137 Å². The summed E-state index contributed by atoms with van der Waals surface area (Å²) >= 11 is 0. The van der Waals surface area contributed by atoms with E-state index in [4.69, 9.17) is 57.7 Å². The number of rotatable bonds is 0. The molecule has 0 rings (SSSR count). The van der Waals surface area contributed by atoms with Gasteiger partial charge in [-0.1, -0.05) is 0 Å². The summed E-state index contributed by atoms with van der Waals surface area (Å²) in [4.78, 5) is 64.7. The van der Waals surface area contributed by atoms with Gasteiger partial charge in [0.05, 0.1) is 0 Å². The summed E-state index contributed by atoms with van der Waals surface area (Å²) in [7, 11) is -13.9. The van der Waals surface area contributed by atoms with Crippen LogP contribution >= 0.6 is 23.5 Å². The van der Waals surface area contributed by atoms with Crippen LogP contribution < -0.4 is 88.7 Å². The minimum Gasteiger partial charge on any atom is -1.00 e. The van der Waals surface area contributed by atoms with Crippen molar-refractivity contribution in [2.24, 2.45) is 0 Å². The summed E-state index contributed by atoms with van der Waals surface area (Å²) in [6.07, 6.45) is 0. The molecule has 0 atom stereocenters. The maximum atomic E-state index is 8.88. The first-order valence-electron chi connectivity index (χ1n) is 2.35. The van der Waals surface area contributed by atoms with E-state index in [2.05, 4.69) is 0 Å². The second-order valence-corrected chi connectivity index (χ2v) is 4.62. The van der Waals surface area contributed by atoms with E-state index in [1.54, 1.807) is 0 Å². The third kappa shape index (κ3) is 338. The zero-order valence-electron chi connectivity index (χ0n) is 20.7. The molecule has 114 valence electrons. The molecule has 21 heteroatoms. The number of hydrogen-bond acceptors (Lipinski definition) is 3. The summed E-state index contributed by atoms with van der Waals surface area (Å²) in [6.45, 7) is 0. The van der Waals surface area contributed by atoms with Crippen LogP contribution in [0.1, 0.15) is 12.8 Å². The summed E-state index contributed by atoms with van der Waals surface area (Å²) in [6, 6.07) is 0. The molecule has 0 spiro atoms. The average molecular weight is 492 g/mol. The summed E-state index contributed by atoms with van der Waals surface area (Å²) in [5.41, 5.74) is 0. The molecule has 0 aliphatic heterocycles. The molecule has 0 aliphatic carbocycles. The maximum Gasteiger partial charge on any atom is 2.00 e. The number of phosphoric acid groups is 3. The van der Waals surface area contributed by atoms with Gasteiger partial charge >= 0.3 is 225 Å². The molecule has 0 bridgehead atoms. The van der Waals surface area contributed by atoms with Crippen molar-refractivity contribution in [3.8, 4) is 0 Å². The summed E-state index contributed by atoms with van der Waals surface area (Å²) in [5, 5.41) is 0. The van der Waals surface area contributed by atoms with E-state index in [0.717, 1.165) is 0 Å². The van der Waals surface area contributed by atoms with Gasteiger partial charge in [0.2, 0.25) is 0 Å². The molecule has 0 heterocycles. The molecule has 12 nitrogen and oxygen atoms in total. The predicted molar refractivity (Wildman–Crippen MR) is 70.1 cm³/mol. The molecule has 0 saturated heterocycles. The van der Waals surface area contributed by atoms with Crippen LogP contribution in [0.5, 0.6) is 0 Å². The van der Waals surface area contributed by atoms with Crippen molar-refractivity contribution in [2.75, 3.05) is 0 Å². The van der Waals surface area contributed by atoms with E-state index in [0.29, 0.717) is 0 Å². The Morgan fingerprint density at radius 1 is 0.429 bits per heavy atom. The Morgan fingerprint density at radius 3 is 0.429 bits per heavy atom. The topological polar surface area (TPSA) is 233 Å². The number of hydrogen-bond donors (Lipinski definition) is 9. The van der Waals surface area contributed by atoms with Gasteiger partial charge < -0.3 is 56.9 Å². The van der Waals surface area contributed by atoms with Crippen molar-refractivity contribution in [1.82, 2.24) is 0 Å². The van der Waals surface area contributed by atoms with Crippen molar-refractivity contribution in [2.45, 2.75) is 0 Å². The molecule has 0 saturated carbocycles. The van der Waals surface area contributed by atoms with Gasteiger partial charge in [-0.05, 0) is 0 Å². The molecule has 9 N–H and O–H groups in total. The first-order chi connectivity index (χ1) is 6.00. The molecule has 0 radical (unpaired) electrons. The van der Waals surface area contributed by atoms with Crippen LogP contribution in [0.2, 0.25) is 0 Å². The molecule has 21 heavy (non-hydrogen) atoms. The minimum absolute atomic E-state index is 0. The fraction of sp³-hybridized carbons (Fsp3) is 0. The van der Waals surface area contributed by atoms with Crippen LogP contribution in [0.15, 0.2) is 0 Å². The van der Waals surface area contributed by atoms with E-state index in [9.17, 15) is 0 Å². The van der Waals surface area contributed by atoms with Crippen LogP contribution in [-0.4, -0.2) is 157 Å². The fourth-order valence-corrected chi connectivity index (χ4v) is 0. The van der Waals surface area contributed by atoms with Crippen molar-refractivity contribution in [1.29, 1.82) is 0 Å². The van der Waals surface area contributed by atoms with E-state index < -0.39 is 23.5 Å². The van der Waals surface area contributed by atoms with Gasteiger partial charge in [-0.25, -0.2) is 13.7 Å². The molecule has 0 amide bonds. The Labute approximate surface area is 289 Å². The predicted octanol–water partition coefficient (Wildman–Crippen LogP) is -11.9. The summed E-state index contributed by atoms with van der Waals surface area (Å²) in [5.74, 6) is 0. The third-order valence-electron chi connectivity index (χ3n) is 0. The molecule has 0 fully saturated rings.